The maximum atomic E-state index is 11.3. The van der Waals surface area contributed by atoms with Gasteiger partial charge in [0, 0.05) is 4.90 Å². The molecule has 0 amide bonds. The molecular weight excluding hydrogens is 208 g/mol. The summed E-state index contributed by atoms with van der Waals surface area (Å²) in [5.41, 5.74) is 1.19. The zero-order valence-corrected chi connectivity index (χ0v) is 10.1. The van der Waals surface area contributed by atoms with Crippen LogP contribution in [0, 0.1) is 6.92 Å². The minimum Gasteiger partial charge on any atom is -0.462 e. The molecule has 0 N–H and O–H groups in total. The summed E-state index contributed by atoms with van der Waals surface area (Å²) in [7, 11) is 0. The number of esters is 1. The fourth-order valence-electron chi connectivity index (χ4n) is 1.15. The molecule has 0 aromatic heterocycles. The summed E-state index contributed by atoms with van der Waals surface area (Å²) in [5, 5.41) is 0. The van der Waals surface area contributed by atoms with E-state index in [0.717, 1.165) is 4.90 Å². The van der Waals surface area contributed by atoms with E-state index in [-0.39, 0.29) is 12.1 Å². The summed E-state index contributed by atoms with van der Waals surface area (Å²) in [6.07, 6.45) is -0.0324. The lowest BCUT2D eigenvalue weighted by Crippen LogP contribution is -2.13. The zero-order valence-electron chi connectivity index (χ0n) is 9.32. The van der Waals surface area contributed by atoms with Crippen molar-refractivity contribution in [2.75, 3.05) is 5.75 Å². The predicted molar refractivity (Wildman–Crippen MR) is 63.1 cm³/mol. The molecule has 15 heavy (non-hydrogen) atoms. The van der Waals surface area contributed by atoms with Gasteiger partial charge in [-0.2, -0.15) is 0 Å². The highest BCUT2D eigenvalue weighted by atomic mass is 32.2. The van der Waals surface area contributed by atoms with Crippen molar-refractivity contribution in [1.29, 1.82) is 0 Å². The quantitative estimate of drug-likeness (QED) is 0.581. The van der Waals surface area contributed by atoms with Crippen molar-refractivity contribution >= 4 is 17.7 Å². The molecule has 2 nitrogen and oxygen atoms in total. The molecule has 0 saturated carbocycles. The number of benzene rings is 1. The van der Waals surface area contributed by atoms with Crippen LogP contribution in [0.3, 0.4) is 0 Å². The second kappa shape index (κ2) is 5.81. The lowest BCUT2D eigenvalue weighted by Gasteiger charge is -2.08. The van der Waals surface area contributed by atoms with E-state index in [1.807, 2.05) is 45.0 Å². The van der Waals surface area contributed by atoms with Gasteiger partial charge in [0.15, 0.2) is 0 Å². The maximum Gasteiger partial charge on any atom is 0.316 e. The lowest BCUT2D eigenvalue weighted by molar-refractivity contribution is -0.144. The Balaban J connectivity index is 2.44. The number of carbonyl (C=O) groups is 1. The summed E-state index contributed by atoms with van der Waals surface area (Å²) in [5.74, 6) is 0.224. The molecule has 0 aliphatic heterocycles. The minimum atomic E-state index is -0.154. The first-order chi connectivity index (χ1) is 7.09. The van der Waals surface area contributed by atoms with E-state index in [2.05, 4.69) is 0 Å². The Morgan fingerprint density at radius 3 is 2.67 bits per heavy atom. The van der Waals surface area contributed by atoms with Crippen molar-refractivity contribution in [3.63, 3.8) is 0 Å². The third-order valence-corrected chi connectivity index (χ3v) is 2.96. The zero-order chi connectivity index (χ0) is 11.3. The molecule has 1 aromatic rings. The largest absolute Gasteiger partial charge is 0.462 e. The highest BCUT2D eigenvalue weighted by Crippen LogP contribution is 2.21. The van der Waals surface area contributed by atoms with Gasteiger partial charge in [-0.3, -0.25) is 4.79 Å². The van der Waals surface area contributed by atoms with E-state index in [4.69, 9.17) is 4.74 Å². The fraction of sp³-hybridized carbons (Fsp3) is 0.417. The van der Waals surface area contributed by atoms with Crippen molar-refractivity contribution in [3.05, 3.63) is 29.8 Å². The van der Waals surface area contributed by atoms with Crippen molar-refractivity contribution in [2.45, 2.75) is 31.8 Å². The molecule has 1 rings (SSSR count). The monoisotopic (exact) mass is 224 g/mol. The molecule has 1 aromatic carbocycles. The topological polar surface area (TPSA) is 26.3 Å². The lowest BCUT2D eigenvalue weighted by atomic mass is 10.2. The van der Waals surface area contributed by atoms with E-state index < -0.39 is 0 Å². The van der Waals surface area contributed by atoms with Gasteiger partial charge in [0.05, 0.1) is 11.9 Å². The molecular formula is C12H16O2S. The standard InChI is InChI=1S/C12H16O2S/c1-9(2)14-12(13)8-15-11-7-5-4-6-10(11)3/h4-7,9H,8H2,1-3H3. The van der Waals surface area contributed by atoms with Crippen molar-refractivity contribution in [3.8, 4) is 0 Å². The number of hydrogen-bond acceptors (Lipinski definition) is 3. The van der Waals surface area contributed by atoms with Gasteiger partial charge in [-0.1, -0.05) is 18.2 Å². The number of hydrogen-bond donors (Lipinski definition) is 0. The van der Waals surface area contributed by atoms with Gasteiger partial charge in [-0.05, 0) is 32.4 Å². The SMILES string of the molecule is Cc1ccccc1SCC(=O)OC(C)C. The first-order valence-corrected chi connectivity index (χ1v) is 5.96. The first kappa shape index (κ1) is 12.1. The Morgan fingerprint density at radius 2 is 2.07 bits per heavy atom. The number of aryl methyl sites for hydroxylation is 1. The van der Waals surface area contributed by atoms with Gasteiger partial charge in [-0.25, -0.2) is 0 Å². The summed E-state index contributed by atoms with van der Waals surface area (Å²) in [6, 6.07) is 8.02. The van der Waals surface area contributed by atoms with Gasteiger partial charge in [0.25, 0.3) is 0 Å². The molecule has 0 spiro atoms. The molecule has 0 radical (unpaired) electrons. The predicted octanol–water partition coefficient (Wildman–Crippen LogP) is 3.04. The van der Waals surface area contributed by atoms with Crippen LogP contribution in [0.15, 0.2) is 29.2 Å². The van der Waals surface area contributed by atoms with Gasteiger partial charge < -0.3 is 4.74 Å². The van der Waals surface area contributed by atoms with Crippen LogP contribution in [0.25, 0.3) is 0 Å². The number of ether oxygens (including phenoxy) is 1. The van der Waals surface area contributed by atoms with Gasteiger partial charge >= 0.3 is 5.97 Å². The Bertz CT molecular complexity index is 334. The average Bonchev–Trinajstić information content (AvgIpc) is 2.15. The molecule has 3 heteroatoms. The summed E-state index contributed by atoms with van der Waals surface area (Å²) < 4.78 is 5.05. The molecule has 0 atom stereocenters. The second-order valence-corrected chi connectivity index (χ2v) is 4.61. The summed E-state index contributed by atoms with van der Waals surface area (Å²) in [6.45, 7) is 5.75. The minimum absolute atomic E-state index is 0.0324. The van der Waals surface area contributed by atoms with Crippen LogP contribution in [0.1, 0.15) is 19.4 Å². The highest BCUT2D eigenvalue weighted by Gasteiger charge is 2.07. The molecule has 0 bridgehead atoms. The van der Waals surface area contributed by atoms with E-state index in [1.54, 1.807) is 0 Å². The van der Waals surface area contributed by atoms with Crippen LogP contribution in [-0.4, -0.2) is 17.8 Å². The van der Waals surface area contributed by atoms with Crippen LogP contribution >= 0.6 is 11.8 Å². The van der Waals surface area contributed by atoms with E-state index in [0.29, 0.717) is 5.75 Å². The molecule has 0 saturated heterocycles. The number of thioether (sulfide) groups is 1. The fourth-order valence-corrected chi connectivity index (χ4v) is 1.96. The van der Waals surface area contributed by atoms with Crippen molar-refractivity contribution in [2.24, 2.45) is 0 Å². The van der Waals surface area contributed by atoms with Gasteiger partial charge in [0.2, 0.25) is 0 Å². The smallest absolute Gasteiger partial charge is 0.316 e. The first-order valence-electron chi connectivity index (χ1n) is 4.97. The van der Waals surface area contributed by atoms with E-state index >= 15 is 0 Å². The molecule has 0 aliphatic rings. The van der Waals surface area contributed by atoms with Crippen LogP contribution in [0.5, 0.6) is 0 Å². The Hall–Kier alpha value is -0.960. The summed E-state index contributed by atoms with van der Waals surface area (Å²) >= 11 is 1.52. The Labute approximate surface area is 95.0 Å². The normalized spacial score (nSPS) is 10.4. The van der Waals surface area contributed by atoms with Crippen molar-refractivity contribution in [1.82, 2.24) is 0 Å². The molecule has 0 fully saturated rings. The molecule has 0 unspecified atom stereocenters. The van der Waals surface area contributed by atoms with E-state index in [9.17, 15) is 4.79 Å². The maximum absolute atomic E-state index is 11.3. The number of carbonyl (C=O) groups excluding carboxylic acids is 1. The third-order valence-electron chi connectivity index (χ3n) is 1.81. The molecule has 82 valence electrons. The van der Waals surface area contributed by atoms with Crippen LogP contribution in [0.4, 0.5) is 0 Å². The molecule has 0 heterocycles. The van der Waals surface area contributed by atoms with Crippen LogP contribution < -0.4 is 0 Å². The van der Waals surface area contributed by atoms with E-state index in [1.165, 1.54) is 17.3 Å². The highest BCUT2D eigenvalue weighted by molar-refractivity contribution is 8.00. The van der Waals surface area contributed by atoms with Crippen LogP contribution in [-0.2, 0) is 9.53 Å². The van der Waals surface area contributed by atoms with Crippen LogP contribution in [0.2, 0.25) is 0 Å². The number of rotatable bonds is 4. The third kappa shape index (κ3) is 4.38. The Kier molecular flexibility index (Phi) is 4.69. The Morgan fingerprint density at radius 1 is 1.40 bits per heavy atom. The summed E-state index contributed by atoms with van der Waals surface area (Å²) in [4.78, 5) is 12.4. The second-order valence-electron chi connectivity index (χ2n) is 3.59. The van der Waals surface area contributed by atoms with Gasteiger partial charge in [-0.15, -0.1) is 11.8 Å². The van der Waals surface area contributed by atoms with Crippen molar-refractivity contribution < 1.29 is 9.53 Å². The van der Waals surface area contributed by atoms with Gasteiger partial charge in [0.1, 0.15) is 0 Å². The molecule has 0 aliphatic carbocycles. The average molecular weight is 224 g/mol.